The summed E-state index contributed by atoms with van der Waals surface area (Å²) in [6, 6.07) is 9.34. The molecule has 0 fully saturated rings. The molecule has 6 heteroatoms. The van der Waals surface area contributed by atoms with Crippen LogP contribution in [0.3, 0.4) is 0 Å². The van der Waals surface area contributed by atoms with Crippen LogP contribution in [0.1, 0.15) is 0 Å². The third kappa shape index (κ3) is 3.22. The Labute approximate surface area is 118 Å². The predicted octanol–water partition coefficient (Wildman–Crippen LogP) is 2.89. The van der Waals surface area contributed by atoms with Gasteiger partial charge in [-0.25, -0.2) is 0 Å². The Kier molecular flexibility index (Phi) is 4.19. The summed E-state index contributed by atoms with van der Waals surface area (Å²) in [6.45, 7) is 0. The van der Waals surface area contributed by atoms with Gasteiger partial charge in [-0.15, -0.1) is 0 Å². The summed E-state index contributed by atoms with van der Waals surface area (Å²) in [7, 11) is 3.05. The Morgan fingerprint density at radius 3 is 2.00 bits per heavy atom. The summed E-state index contributed by atoms with van der Waals surface area (Å²) >= 11 is 2.22. The third-order valence-corrected chi connectivity index (χ3v) is 2.82. The first kappa shape index (κ1) is 12.9. The summed E-state index contributed by atoms with van der Waals surface area (Å²) in [6.07, 6.45) is 0. The average molecular weight is 358 g/mol. The van der Waals surface area contributed by atoms with Gasteiger partial charge in [-0.3, -0.25) is 0 Å². The zero-order valence-corrected chi connectivity index (χ0v) is 12.0. The number of ether oxygens (including phenoxy) is 3. The Morgan fingerprint density at radius 2 is 1.50 bits per heavy atom. The van der Waals surface area contributed by atoms with Crippen LogP contribution in [0.25, 0.3) is 0 Å². The van der Waals surface area contributed by atoms with Crippen molar-refractivity contribution in [3.8, 4) is 23.5 Å². The van der Waals surface area contributed by atoms with Gasteiger partial charge in [-0.05, 0) is 46.9 Å². The number of methoxy groups -OCH3 is 2. The van der Waals surface area contributed by atoms with Crippen molar-refractivity contribution in [3.63, 3.8) is 0 Å². The fraction of sp³-hybridized carbons (Fsp3) is 0.167. The van der Waals surface area contributed by atoms with E-state index in [1.165, 1.54) is 14.2 Å². The van der Waals surface area contributed by atoms with Crippen molar-refractivity contribution in [3.05, 3.63) is 33.9 Å². The molecule has 0 radical (unpaired) electrons. The molecule has 1 aromatic heterocycles. The van der Waals surface area contributed by atoms with Crippen LogP contribution in [0.2, 0.25) is 0 Å². The van der Waals surface area contributed by atoms with E-state index in [9.17, 15) is 0 Å². The molecule has 5 nitrogen and oxygen atoms in total. The van der Waals surface area contributed by atoms with E-state index < -0.39 is 0 Å². The molecule has 0 atom stereocenters. The van der Waals surface area contributed by atoms with Crippen molar-refractivity contribution in [2.24, 2.45) is 0 Å². The van der Waals surface area contributed by atoms with E-state index in [2.05, 4.69) is 32.6 Å². The third-order valence-electron chi connectivity index (χ3n) is 2.10. The number of rotatable bonds is 4. The minimum absolute atomic E-state index is 0.187. The van der Waals surface area contributed by atoms with E-state index in [4.69, 9.17) is 14.2 Å². The molecule has 0 aliphatic carbocycles. The second kappa shape index (κ2) is 5.85. The highest BCUT2D eigenvalue weighted by atomic mass is 127. The molecule has 0 amide bonds. The van der Waals surface area contributed by atoms with Crippen LogP contribution in [0, 0.1) is 3.57 Å². The molecular weight excluding hydrogens is 347 g/mol. The standard InChI is InChI=1S/C12H11IN2O3/c1-16-10-7-11(17-2)15-12(14-10)18-9-5-3-8(13)4-6-9/h3-7H,1-2H3. The van der Waals surface area contributed by atoms with Gasteiger partial charge < -0.3 is 14.2 Å². The van der Waals surface area contributed by atoms with Gasteiger partial charge in [0.15, 0.2) is 0 Å². The highest BCUT2D eigenvalue weighted by Crippen LogP contribution is 2.23. The molecule has 0 aliphatic heterocycles. The maximum absolute atomic E-state index is 5.53. The van der Waals surface area contributed by atoms with E-state index in [1.54, 1.807) is 6.07 Å². The SMILES string of the molecule is COc1cc(OC)nc(Oc2ccc(I)cc2)n1. The van der Waals surface area contributed by atoms with Gasteiger partial charge in [0.1, 0.15) is 5.75 Å². The second-order valence-electron chi connectivity index (χ2n) is 3.29. The molecular formula is C12H11IN2O3. The lowest BCUT2D eigenvalue weighted by atomic mass is 10.3. The number of benzene rings is 1. The minimum atomic E-state index is 0.187. The van der Waals surface area contributed by atoms with Gasteiger partial charge in [-0.1, -0.05) is 0 Å². The maximum atomic E-state index is 5.53. The Morgan fingerprint density at radius 1 is 0.944 bits per heavy atom. The quantitative estimate of drug-likeness (QED) is 0.787. The number of aromatic nitrogens is 2. The zero-order valence-electron chi connectivity index (χ0n) is 9.88. The van der Waals surface area contributed by atoms with Crippen LogP contribution < -0.4 is 14.2 Å². The van der Waals surface area contributed by atoms with Crippen molar-refractivity contribution in [2.45, 2.75) is 0 Å². The van der Waals surface area contributed by atoms with Gasteiger partial charge in [-0.2, -0.15) is 9.97 Å². The summed E-state index contributed by atoms with van der Waals surface area (Å²) in [5.41, 5.74) is 0. The molecule has 0 saturated carbocycles. The maximum Gasteiger partial charge on any atom is 0.328 e. The van der Waals surface area contributed by atoms with Crippen molar-refractivity contribution in [2.75, 3.05) is 14.2 Å². The molecule has 0 bridgehead atoms. The predicted molar refractivity (Wildman–Crippen MR) is 74.4 cm³/mol. The molecule has 94 valence electrons. The fourth-order valence-corrected chi connectivity index (χ4v) is 1.61. The van der Waals surface area contributed by atoms with E-state index in [0.717, 1.165) is 3.57 Å². The molecule has 2 rings (SSSR count). The van der Waals surface area contributed by atoms with Crippen LogP contribution in [0.5, 0.6) is 23.5 Å². The minimum Gasteiger partial charge on any atom is -0.481 e. The number of nitrogens with zero attached hydrogens (tertiary/aromatic N) is 2. The highest BCUT2D eigenvalue weighted by Gasteiger charge is 2.07. The molecule has 18 heavy (non-hydrogen) atoms. The summed E-state index contributed by atoms with van der Waals surface area (Å²) in [4.78, 5) is 8.16. The Bertz CT molecular complexity index is 509. The lowest BCUT2D eigenvalue weighted by Gasteiger charge is -2.07. The largest absolute Gasteiger partial charge is 0.481 e. The van der Waals surface area contributed by atoms with E-state index in [0.29, 0.717) is 17.5 Å². The average Bonchev–Trinajstić information content (AvgIpc) is 2.41. The molecule has 0 unspecified atom stereocenters. The van der Waals surface area contributed by atoms with Crippen molar-refractivity contribution >= 4 is 22.6 Å². The van der Waals surface area contributed by atoms with Crippen LogP contribution in [-0.4, -0.2) is 24.2 Å². The normalized spacial score (nSPS) is 9.94. The first-order valence-corrected chi connectivity index (χ1v) is 6.19. The molecule has 0 N–H and O–H groups in total. The fourth-order valence-electron chi connectivity index (χ4n) is 1.25. The monoisotopic (exact) mass is 358 g/mol. The van der Waals surface area contributed by atoms with E-state index in [1.807, 2.05) is 24.3 Å². The van der Waals surface area contributed by atoms with Crippen molar-refractivity contribution in [1.82, 2.24) is 9.97 Å². The van der Waals surface area contributed by atoms with Gasteiger partial charge >= 0.3 is 6.01 Å². The Balaban J connectivity index is 2.25. The molecule has 1 aromatic carbocycles. The summed E-state index contributed by atoms with van der Waals surface area (Å²) in [5, 5.41) is 0. The lowest BCUT2D eigenvalue weighted by Crippen LogP contribution is -1.97. The summed E-state index contributed by atoms with van der Waals surface area (Å²) < 4.78 is 16.7. The van der Waals surface area contributed by atoms with Gasteiger partial charge in [0.05, 0.1) is 20.3 Å². The molecule has 0 spiro atoms. The van der Waals surface area contributed by atoms with Gasteiger partial charge in [0, 0.05) is 3.57 Å². The summed E-state index contributed by atoms with van der Waals surface area (Å²) in [5.74, 6) is 1.44. The van der Waals surface area contributed by atoms with Crippen molar-refractivity contribution in [1.29, 1.82) is 0 Å². The lowest BCUT2D eigenvalue weighted by molar-refractivity contribution is 0.348. The second-order valence-corrected chi connectivity index (χ2v) is 4.54. The van der Waals surface area contributed by atoms with Crippen molar-refractivity contribution < 1.29 is 14.2 Å². The Hall–Kier alpha value is -1.57. The first-order valence-electron chi connectivity index (χ1n) is 5.12. The highest BCUT2D eigenvalue weighted by molar-refractivity contribution is 14.1. The topological polar surface area (TPSA) is 53.5 Å². The van der Waals surface area contributed by atoms with Gasteiger partial charge in [0.25, 0.3) is 0 Å². The molecule has 0 aliphatic rings. The molecule has 1 heterocycles. The van der Waals surface area contributed by atoms with Gasteiger partial charge in [0.2, 0.25) is 11.8 Å². The van der Waals surface area contributed by atoms with Crippen LogP contribution in [0.15, 0.2) is 30.3 Å². The molecule has 0 saturated heterocycles. The van der Waals surface area contributed by atoms with E-state index >= 15 is 0 Å². The zero-order chi connectivity index (χ0) is 13.0. The number of halogens is 1. The smallest absolute Gasteiger partial charge is 0.328 e. The van der Waals surface area contributed by atoms with Crippen LogP contribution in [-0.2, 0) is 0 Å². The van der Waals surface area contributed by atoms with E-state index in [-0.39, 0.29) is 6.01 Å². The first-order chi connectivity index (χ1) is 8.71. The molecule has 2 aromatic rings. The van der Waals surface area contributed by atoms with Crippen LogP contribution in [0.4, 0.5) is 0 Å². The number of hydrogen-bond donors (Lipinski definition) is 0. The number of hydrogen-bond acceptors (Lipinski definition) is 5. The van der Waals surface area contributed by atoms with Crippen LogP contribution >= 0.6 is 22.6 Å².